The summed E-state index contributed by atoms with van der Waals surface area (Å²) in [7, 11) is 0. The summed E-state index contributed by atoms with van der Waals surface area (Å²) in [5.41, 5.74) is -1.35. The molecular weight excluding hydrogens is 324 g/mol. The molecule has 0 unspecified atom stereocenters. The molecule has 1 aliphatic rings. The molecule has 0 radical (unpaired) electrons. The van der Waals surface area contributed by atoms with Crippen LogP contribution in [0.15, 0.2) is 21.9 Å². The van der Waals surface area contributed by atoms with Gasteiger partial charge in [-0.3, -0.25) is 19.1 Å². The van der Waals surface area contributed by atoms with E-state index < -0.39 is 41.8 Å². The fourth-order valence-corrected chi connectivity index (χ4v) is 2.27. The zero-order chi connectivity index (χ0) is 17.7. The van der Waals surface area contributed by atoms with E-state index in [0.717, 1.165) is 16.8 Å². The van der Waals surface area contributed by atoms with E-state index in [9.17, 15) is 24.6 Å². The van der Waals surface area contributed by atoms with Crippen LogP contribution >= 0.6 is 0 Å². The SMILES string of the molecule is CCCC(=O)OCOC[C@H]1O[C@@H](n2ccc(=O)[nH]c2=O)[C@H](O)[C@@H]1O. The highest BCUT2D eigenvalue weighted by Gasteiger charge is 2.44. The molecule has 4 atom stereocenters. The van der Waals surface area contributed by atoms with Crippen molar-refractivity contribution in [2.75, 3.05) is 13.4 Å². The Hall–Kier alpha value is -2.01. The van der Waals surface area contributed by atoms with Gasteiger partial charge in [-0.1, -0.05) is 6.92 Å². The lowest BCUT2D eigenvalue weighted by atomic mass is 10.1. The molecule has 1 fully saturated rings. The Bertz CT molecular complexity index is 669. The molecule has 2 rings (SSSR count). The molecule has 0 bridgehead atoms. The van der Waals surface area contributed by atoms with Crippen LogP contribution in [0.25, 0.3) is 0 Å². The van der Waals surface area contributed by atoms with E-state index in [2.05, 4.69) is 0 Å². The van der Waals surface area contributed by atoms with Crippen LogP contribution in [0.2, 0.25) is 0 Å². The lowest BCUT2D eigenvalue weighted by Gasteiger charge is -2.16. The van der Waals surface area contributed by atoms with Gasteiger partial charge in [0.2, 0.25) is 0 Å². The van der Waals surface area contributed by atoms with Crippen molar-refractivity contribution in [1.29, 1.82) is 0 Å². The van der Waals surface area contributed by atoms with E-state index in [1.807, 2.05) is 11.9 Å². The number of ether oxygens (including phenoxy) is 3. The van der Waals surface area contributed by atoms with E-state index >= 15 is 0 Å². The van der Waals surface area contributed by atoms with Gasteiger partial charge in [0.1, 0.15) is 18.3 Å². The molecule has 24 heavy (non-hydrogen) atoms. The molecule has 134 valence electrons. The Morgan fingerprint density at radius 3 is 2.79 bits per heavy atom. The van der Waals surface area contributed by atoms with Gasteiger partial charge in [0.05, 0.1) is 6.61 Å². The van der Waals surface area contributed by atoms with E-state index in [-0.39, 0.29) is 19.8 Å². The zero-order valence-corrected chi connectivity index (χ0v) is 13.1. The molecule has 1 aromatic rings. The number of hydrogen-bond acceptors (Lipinski definition) is 8. The first-order chi connectivity index (χ1) is 11.4. The Kier molecular flexibility index (Phi) is 6.26. The van der Waals surface area contributed by atoms with E-state index in [4.69, 9.17) is 14.2 Å². The van der Waals surface area contributed by atoms with Crippen molar-refractivity contribution in [2.24, 2.45) is 0 Å². The van der Waals surface area contributed by atoms with Gasteiger partial charge in [-0.15, -0.1) is 0 Å². The van der Waals surface area contributed by atoms with Gasteiger partial charge in [-0.2, -0.15) is 0 Å². The average molecular weight is 344 g/mol. The number of esters is 1. The number of rotatable bonds is 7. The van der Waals surface area contributed by atoms with E-state index in [1.54, 1.807) is 0 Å². The first-order valence-electron chi connectivity index (χ1n) is 7.50. The standard InChI is InChI=1S/C14H20N2O8/c1-2-3-10(18)23-7-22-6-8-11(19)12(20)13(24-8)16-5-4-9(17)15-14(16)21/h4-5,8,11-13,19-20H,2-3,6-7H2,1H3,(H,15,17,21)/t8-,11-,12-,13-/m1/s1. The number of H-pyrrole nitrogens is 1. The predicted molar refractivity (Wildman–Crippen MR) is 79.1 cm³/mol. The largest absolute Gasteiger partial charge is 0.438 e. The molecule has 1 aromatic heterocycles. The molecule has 0 spiro atoms. The first kappa shape index (κ1) is 18.3. The van der Waals surface area contributed by atoms with Crippen LogP contribution in [0, 0.1) is 0 Å². The Balaban J connectivity index is 1.91. The molecular formula is C14H20N2O8. The Morgan fingerprint density at radius 2 is 2.12 bits per heavy atom. The average Bonchev–Trinajstić information content (AvgIpc) is 2.80. The number of aliphatic hydroxyl groups is 2. The number of aromatic nitrogens is 2. The highest BCUT2D eigenvalue weighted by atomic mass is 16.7. The minimum Gasteiger partial charge on any atom is -0.438 e. The highest BCUT2D eigenvalue weighted by Crippen LogP contribution is 2.28. The van der Waals surface area contributed by atoms with Gasteiger partial charge in [-0.05, 0) is 6.42 Å². The number of nitrogens with one attached hydrogen (secondary N) is 1. The van der Waals surface area contributed by atoms with Crippen molar-refractivity contribution in [3.63, 3.8) is 0 Å². The summed E-state index contributed by atoms with van der Waals surface area (Å²) >= 11 is 0. The van der Waals surface area contributed by atoms with Gasteiger partial charge in [0, 0.05) is 18.7 Å². The van der Waals surface area contributed by atoms with E-state index in [0.29, 0.717) is 6.42 Å². The van der Waals surface area contributed by atoms with Gasteiger partial charge in [-0.25, -0.2) is 4.79 Å². The maximum absolute atomic E-state index is 11.7. The molecule has 0 saturated carbocycles. The monoisotopic (exact) mass is 344 g/mol. The van der Waals surface area contributed by atoms with Gasteiger partial charge in [0.25, 0.3) is 5.56 Å². The second-order valence-electron chi connectivity index (χ2n) is 5.32. The predicted octanol–water partition coefficient (Wildman–Crippen LogP) is -1.53. The van der Waals surface area contributed by atoms with Crippen LogP contribution in [0.1, 0.15) is 26.0 Å². The second kappa shape index (κ2) is 8.20. The summed E-state index contributed by atoms with van der Waals surface area (Å²) in [5.74, 6) is -0.400. The fourth-order valence-electron chi connectivity index (χ4n) is 2.27. The molecule has 1 aliphatic heterocycles. The maximum Gasteiger partial charge on any atom is 0.330 e. The van der Waals surface area contributed by atoms with Crippen LogP contribution in [-0.2, 0) is 19.0 Å². The van der Waals surface area contributed by atoms with Gasteiger partial charge >= 0.3 is 11.7 Å². The summed E-state index contributed by atoms with van der Waals surface area (Å²) in [5, 5.41) is 20.0. The normalized spacial score (nSPS) is 26.5. The smallest absolute Gasteiger partial charge is 0.330 e. The second-order valence-corrected chi connectivity index (χ2v) is 5.32. The maximum atomic E-state index is 11.7. The van der Waals surface area contributed by atoms with Crippen molar-refractivity contribution in [2.45, 2.75) is 44.3 Å². The number of carbonyl (C=O) groups excluding carboxylic acids is 1. The van der Waals surface area contributed by atoms with E-state index in [1.165, 1.54) is 0 Å². The highest BCUT2D eigenvalue weighted by molar-refractivity contribution is 5.69. The lowest BCUT2D eigenvalue weighted by molar-refractivity contribution is -0.161. The minimum absolute atomic E-state index is 0.147. The summed E-state index contributed by atoms with van der Waals surface area (Å²) in [6.07, 6.45) is -2.68. The summed E-state index contributed by atoms with van der Waals surface area (Å²) < 4.78 is 16.3. The van der Waals surface area contributed by atoms with Crippen molar-refractivity contribution in [3.05, 3.63) is 33.1 Å². The molecule has 10 nitrogen and oxygen atoms in total. The third-order valence-electron chi connectivity index (χ3n) is 3.50. The molecule has 0 amide bonds. The van der Waals surface area contributed by atoms with Crippen molar-refractivity contribution < 1.29 is 29.2 Å². The lowest BCUT2D eigenvalue weighted by Crippen LogP contribution is -2.37. The van der Waals surface area contributed by atoms with Crippen molar-refractivity contribution >= 4 is 5.97 Å². The molecule has 10 heteroatoms. The summed E-state index contributed by atoms with van der Waals surface area (Å²) in [4.78, 5) is 36.0. The quantitative estimate of drug-likeness (QED) is 0.307. The Morgan fingerprint density at radius 1 is 1.38 bits per heavy atom. The third-order valence-corrected chi connectivity index (χ3v) is 3.50. The number of aliphatic hydroxyl groups excluding tert-OH is 2. The van der Waals surface area contributed by atoms with Gasteiger partial charge < -0.3 is 24.4 Å². The Labute approximate surface area is 136 Å². The molecule has 0 aliphatic carbocycles. The van der Waals surface area contributed by atoms with Crippen molar-refractivity contribution in [3.8, 4) is 0 Å². The number of nitrogens with zero attached hydrogens (tertiary/aromatic N) is 1. The third kappa shape index (κ3) is 4.29. The van der Waals surface area contributed by atoms with Crippen LogP contribution in [-0.4, -0.2) is 57.4 Å². The van der Waals surface area contributed by atoms with Crippen molar-refractivity contribution in [1.82, 2.24) is 9.55 Å². The van der Waals surface area contributed by atoms with Crippen LogP contribution < -0.4 is 11.2 Å². The van der Waals surface area contributed by atoms with Crippen LogP contribution in [0.5, 0.6) is 0 Å². The molecule has 2 heterocycles. The minimum atomic E-state index is -1.38. The molecule has 3 N–H and O–H groups in total. The zero-order valence-electron chi connectivity index (χ0n) is 13.1. The van der Waals surface area contributed by atoms with Gasteiger partial charge in [0.15, 0.2) is 13.0 Å². The molecule has 1 saturated heterocycles. The summed E-state index contributed by atoms with van der Waals surface area (Å²) in [6.45, 7) is 1.39. The van der Waals surface area contributed by atoms with Crippen LogP contribution in [0.4, 0.5) is 0 Å². The number of aromatic amines is 1. The first-order valence-corrected chi connectivity index (χ1v) is 7.50. The van der Waals surface area contributed by atoms with Crippen LogP contribution in [0.3, 0.4) is 0 Å². The summed E-state index contributed by atoms with van der Waals surface area (Å²) in [6, 6.07) is 1.10. The topological polar surface area (TPSA) is 140 Å². The molecule has 0 aromatic carbocycles. The fraction of sp³-hybridized carbons (Fsp3) is 0.643. The number of hydrogen-bond donors (Lipinski definition) is 3. The number of carbonyl (C=O) groups is 1.